The van der Waals surface area contributed by atoms with Crippen LogP contribution < -0.4 is 11.5 Å². The van der Waals surface area contributed by atoms with E-state index < -0.39 is 46.5 Å². The van der Waals surface area contributed by atoms with Gasteiger partial charge in [-0.1, -0.05) is 0 Å². The summed E-state index contributed by atoms with van der Waals surface area (Å²) in [5.74, 6) is -6.23. The molecule has 4 unspecified atom stereocenters. The summed E-state index contributed by atoms with van der Waals surface area (Å²) in [6.45, 7) is 0. The highest BCUT2D eigenvalue weighted by Crippen LogP contribution is 2.26. The molecule has 0 saturated heterocycles. The van der Waals surface area contributed by atoms with Crippen molar-refractivity contribution >= 4 is 47.4 Å². The number of carboxylic acids is 4. The maximum Gasteiger partial charge on any atom is 0.321 e. The van der Waals surface area contributed by atoms with Crippen molar-refractivity contribution in [3.63, 3.8) is 0 Å². The molecular formula is C10H16N2O8S2. The van der Waals surface area contributed by atoms with Gasteiger partial charge in [-0.05, 0) is 0 Å². The monoisotopic (exact) mass is 356 g/mol. The van der Waals surface area contributed by atoms with Crippen molar-refractivity contribution < 1.29 is 39.6 Å². The Morgan fingerprint density at radius 1 is 0.682 bits per heavy atom. The quantitative estimate of drug-likeness (QED) is 0.242. The van der Waals surface area contributed by atoms with Gasteiger partial charge >= 0.3 is 23.9 Å². The Labute approximate surface area is 133 Å². The summed E-state index contributed by atoms with van der Waals surface area (Å²) in [5, 5.41) is 32.4. The smallest absolute Gasteiger partial charge is 0.321 e. The van der Waals surface area contributed by atoms with Crippen LogP contribution in [-0.2, 0) is 19.2 Å². The second-order valence-electron chi connectivity index (χ2n) is 4.07. The zero-order chi connectivity index (χ0) is 17.4. The molecule has 8 N–H and O–H groups in total. The molecular weight excluding hydrogens is 340 g/mol. The molecule has 0 bridgehead atoms. The lowest BCUT2D eigenvalue weighted by Gasteiger charge is -2.21. The molecule has 22 heavy (non-hydrogen) atoms. The van der Waals surface area contributed by atoms with Crippen molar-refractivity contribution in [3.05, 3.63) is 0 Å². The summed E-state index contributed by atoms with van der Waals surface area (Å²) in [4.78, 5) is 43.5. The van der Waals surface area contributed by atoms with Gasteiger partial charge in [-0.3, -0.25) is 19.2 Å². The molecule has 12 heteroatoms. The first kappa shape index (κ1) is 20.5. The molecule has 4 atom stereocenters. The number of nitrogens with two attached hydrogens (primary N) is 2. The molecule has 10 nitrogen and oxygen atoms in total. The molecule has 0 aromatic carbocycles. The maximum atomic E-state index is 11.2. The van der Waals surface area contributed by atoms with E-state index in [0.717, 1.165) is 0 Å². The summed E-state index contributed by atoms with van der Waals surface area (Å²) < 4.78 is 0. The Hall–Kier alpha value is -1.50. The van der Waals surface area contributed by atoms with Crippen LogP contribution in [0.3, 0.4) is 0 Å². The average molecular weight is 356 g/mol. The van der Waals surface area contributed by atoms with Gasteiger partial charge in [0.25, 0.3) is 0 Å². The van der Waals surface area contributed by atoms with E-state index in [1.807, 2.05) is 0 Å². The molecule has 0 amide bonds. The van der Waals surface area contributed by atoms with Gasteiger partial charge in [0.1, 0.15) is 22.6 Å². The van der Waals surface area contributed by atoms with Crippen LogP contribution in [0.25, 0.3) is 0 Å². The van der Waals surface area contributed by atoms with Gasteiger partial charge in [0, 0.05) is 11.5 Å². The largest absolute Gasteiger partial charge is 0.480 e. The molecule has 0 rings (SSSR count). The van der Waals surface area contributed by atoms with Gasteiger partial charge in [-0.25, -0.2) is 0 Å². The molecule has 0 aliphatic carbocycles. The van der Waals surface area contributed by atoms with Gasteiger partial charge in [0.15, 0.2) is 0 Å². The molecule has 0 aromatic heterocycles. The Morgan fingerprint density at radius 3 is 1.14 bits per heavy atom. The molecule has 0 fully saturated rings. The Balaban J connectivity index is 4.88. The van der Waals surface area contributed by atoms with E-state index in [2.05, 4.69) is 0 Å². The van der Waals surface area contributed by atoms with E-state index in [9.17, 15) is 19.2 Å². The van der Waals surface area contributed by atoms with Crippen molar-refractivity contribution in [2.75, 3.05) is 11.5 Å². The molecule has 0 saturated carbocycles. The fourth-order valence-corrected chi connectivity index (χ4v) is 3.59. The molecule has 0 spiro atoms. The maximum absolute atomic E-state index is 11.2. The lowest BCUT2D eigenvalue weighted by molar-refractivity contribution is -0.142. The van der Waals surface area contributed by atoms with E-state index in [4.69, 9.17) is 31.9 Å². The second kappa shape index (κ2) is 9.50. The number of hydrogen-bond acceptors (Lipinski definition) is 8. The lowest BCUT2D eigenvalue weighted by atomic mass is 10.3. The highest BCUT2D eigenvalue weighted by atomic mass is 32.2. The number of rotatable bonds is 11. The highest BCUT2D eigenvalue weighted by Gasteiger charge is 2.36. The lowest BCUT2D eigenvalue weighted by Crippen LogP contribution is -2.41. The van der Waals surface area contributed by atoms with E-state index in [1.54, 1.807) is 0 Å². The average Bonchev–Trinajstić information content (AvgIpc) is 2.40. The van der Waals surface area contributed by atoms with Crippen LogP contribution >= 0.6 is 23.5 Å². The predicted molar refractivity (Wildman–Crippen MR) is 79.0 cm³/mol. The van der Waals surface area contributed by atoms with Crippen LogP contribution in [-0.4, -0.2) is 78.4 Å². The normalized spacial score (nSPS) is 16.3. The van der Waals surface area contributed by atoms with Crippen LogP contribution in [0.2, 0.25) is 0 Å². The number of aliphatic carboxylic acids is 4. The molecule has 0 aliphatic heterocycles. The Kier molecular flexibility index (Phi) is 8.86. The Bertz CT molecular complexity index is 407. The van der Waals surface area contributed by atoms with Crippen LogP contribution in [0, 0.1) is 0 Å². The third kappa shape index (κ3) is 6.98. The molecule has 0 heterocycles. The van der Waals surface area contributed by atoms with Crippen molar-refractivity contribution in [2.24, 2.45) is 11.5 Å². The summed E-state index contributed by atoms with van der Waals surface area (Å²) in [5.41, 5.74) is 10.5. The second-order valence-corrected chi connectivity index (χ2v) is 6.42. The zero-order valence-corrected chi connectivity index (χ0v) is 12.7. The molecule has 0 aromatic rings. The summed E-state index contributed by atoms with van der Waals surface area (Å²) in [7, 11) is 0. The van der Waals surface area contributed by atoms with Crippen molar-refractivity contribution in [1.29, 1.82) is 0 Å². The summed E-state index contributed by atoms with van der Waals surface area (Å²) in [6, 6.07) is -2.68. The first-order valence-electron chi connectivity index (χ1n) is 5.73. The van der Waals surface area contributed by atoms with Gasteiger partial charge in [0.2, 0.25) is 0 Å². The highest BCUT2D eigenvalue weighted by molar-refractivity contribution is 8.04. The topological polar surface area (TPSA) is 201 Å². The minimum absolute atomic E-state index is 0.304. The van der Waals surface area contributed by atoms with Crippen LogP contribution in [0.1, 0.15) is 0 Å². The van der Waals surface area contributed by atoms with E-state index in [-0.39, 0.29) is 11.5 Å². The van der Waals surface area contributed by atoms with Crippen LogP contribution in [0.5, 0.6) is 0 Å². The van der Waals surface area contributed by atoms with Gasteiger partial charge in [0.05, 0.1) is 0 Å². The van der Waals surface area contributed by atoms with Gasteiger partial charge < -0.3 is 31.9 Å². The first-order valence-corrected chi connectivity index (χ1v) is 7.83. The SMILES string of the molecule is NC(CSC(C(=O)O)C(SCC(N)C(=O)O)C(=O)O)C(=O)O. The van der Waals surface area contributed by atoms with E-state index in [0.29, 0.717) is 23.5 Å². The fourth-order valence-electron chi connectivity index (χ4n) is 1.13. The standard InChI is InChI=1S/C10H16N2O8S2/c11-3(7(13)14)1-21-5(9(17)18)6(10(19)20)22-2-4(12)8(15)16/h3-6H,1-2,11-12H2,(H,13,14)(H,15,16)(H,17,18)(H,19,20). The number of carboxylic acid groups (broad SMARTS) is 4. The van der Waals surface area contributed by atoms with E-state index >= 15 is 0 Å². The summed E-state index contributed by atoms with van der Waals surface area (Å²) in [6.07, 6.45) is 0. The molecule has 126 valence electrons. The molecule has 0 aliphatic rings. The van der Waals surface area contributed by atoms with Crippen LogP contribution in [0.4, 0.5) is 0 Å². The minimum atomic E-state index is -1.49. The van der Waals surface area contributed by atoms with Crippen molar-refractivity contribution in [3.8, 4) is 0 Å². The van der Waals surface area contributed by atoms with Crippen molar-refractivity contribution in [2.45, 2.75) is 22.6 Å². The molecule has 0 radical (unpaired) electrons. The summed E-state index contributed by atoms with van der Waals surface area (Å²) >= 11 is 1.13. The van der Waals surface area contributed by atoms with Gasteiger partial charge in [-0.15, -0.1) is 23.5 Å². The van der Waals surface area contributed by atoms with Gasteiger partial charge in [-0.2, -0.15) is 0 Å². The third-order valence-corrected chi connectivity index (χ3v) is 5.25. The fraction of sp³-hybridized carbons (Fsp3) is 0.600. The van der Waals surface area contributed by atoms with Crippen molar-refractivity contribution in [1.82, 2.24) is 0 Å². The number of hydrogen-bond donors (Lipinski definition) is 6. The Morgan fingerprint density at radius 2 is 0.955 bits per heavy atom. The predicted octanol–water partition coefficient (Wildman–Crippen LogP) is -1.82. The minimum Gasteiger partial charge on any atom is -0.480 e. The number of carbonyl (C=O) groups is 4. The zero-order valence-electron chi connectivity index (χ0n) is 11.1. The number of thioether (sulfide) groups is 2. The first-order chi connectivity index (χ1) is 10.1. The van der Waals surface area contributed by atoms with Crippen LogP contribution in [0.15, 0.2) is 0 Å². The van der Waals surface area contributed by atoms with E-state index in [1.165, 1.54) is 0 Å². The third-order valence-electron chi connectivity index (χ3n) is 2.31.